The molecule has 0 fully saturated rings. The molecule has 0 saturated carbocycles. The van der Waals surface area contributed by atoms with E-state index in [9.17, 15) is 0 Å². The summed E-state index contributed by atoms with van der Waals surface area (Å²) in [6.45, 7) is 3.03. The molecule has 2 heterocycles. The number of alkyl halides is 1. The fraction of sp³-hybridized carbons (Fsp3) is 0.364. The topological polar surface area (TPSA) is 126 Å². The molecule has 2 aliphatic rings. The molecule has 32 heavy (non-hydrogen) atoms. The third-order valence-corrected chi connectivity index (χ3v) is 4.71. The summed E-state index contributed by atoms with van der Waals surface area (Å²) in [4.78, 5) is 8.35. The zero-order chi connectivity index (χ0) is 22.6. The number of ether oxygens (including phenoxy) is 4. The molecular formula is C22H28ClN5O4. The van der Waals surface area contributed by atoms with E-state index >= 15 is 0 Å². The minimum absolute atomic E-state index is 0.0665. The van der Waals surface area contributed by atoms with Gasteiger partial charge < -0.3 is 35.7 Å². The molecule has 0 saturated heterocycles. The number of nitrogens with one attached hydrogen (secondary N) is 1. The molecule has 5 N–H and O–H groups in total. The second-order valence-corrected chi connectivity index (χ2v) is 7.09. The highest BCUT2D eigenvalue weighted by molar-refractivity contribution is 6.17. The molecular weight excluding hydrogens is 434 g/mol. The van der Waals surface area contributed by atoms with Gasteiger partial charge in [-0.3, -0.25) is 0 Å². The minimum Gasteiger partial charge on any atom is -0.491 e. The highest BCUT2D eigenvalue weighted by Crippen LogP contribution is 2.25. The highest BCUT2D eigenvalue weighted by atomic mass is 35.5. The molecule has 0 spiro atoms. The molecule has 9 nitrogen and oxygen atoms in total. The summed E-state index contributed by atoms with van der Waals surface area (Å²) in [5, 5.41) is 2.98. The van der Waals surface area contributed by atoms with Crippen molar-refractivity contribution in [2.75, 3.05) is 45.0 Å². The number of anilines is 1. The number of nitrogens with zero attached hydrogens (tertiary/aromatic N) is 2. The first kappa shape index (κ1) is 23.6. The normalized spacial score (nSPS) is 16.7. The van der Waals surface area contributed by atoms with Crippen molar-refractivity contribution >= 4 is 29.2 Å². The Hall–Kier alpha value is -3.01. The number of rotatable bonds is 1. The molecule has 172 valence electrons. The molecule has 0 radical (unpaired) electrons. The van der Waals surface area contributed by atoms with Crippen LogP contribution >= 0.6 is 11.6 Å². The lowest BCUT2D eigenvalue weighted by Crippen LogP contribution is -2.26. The molecule has 0 atom stereocenters. The van der Waals surface area contributed by atoms with Gasteiger partial charge in [0.25, 0.3) is 0 Å². The summed E-state index contributed by atoms with van der Waals surface area (Å²) in [7, 11) is 0. The van der Waals surface area contributed by atoms with E-state index in [1.165, 1.54) is 0 Å². The summed E-state index contributed by atoms with van der Waals surface area (Å²) in [5.41, 5.74) is 14.4. The van der Waals surface area contributed by atoms with Crippen LogP contribution in [0.3, 0.4) is 0 Å². The Morgan fingerprint density at radius 1 is 0.875 bits per heavy atom. The van der Waals surface area contributed by atoms with Gasteiger partial charge in [-0.2, -0.15) is 4.99 Å². The quantitative estimate of drug-likeness (QED) is 0.440. The average molecular weight is 462 g/mol. The smallest absolute Gasteiger partial charge is 0.218 e. The minimum atomic E-state index is 0.0665. The summed E-state index contributed by atoms with van der Waals surface area (Å²) in [6.07, 6.45) is 0. The summed E-state index contributed by atoms with van der Waals surface area (Å²) < 4.78 is 22.6. The van der Waals surface area contributed by atoms with E-state index in [0.29, 0.717) is 63.5 Å². The summed E-state index contributed by atoms with van der Waals surface area (Å²) >= 11 is 6.02. The molecule has 0 amide bonds. The van der Waals surface area contributed by atoms with Gasteiger partial charge in [0.1, 0.15) is 24.7 Å². The lowest BCUT2D eigenvalue weighted by Gasteiger charge is -2.13. The van der Waals surface area contributed by atoms with Crippen molar-refractivity contribution in [3.05, 3.63) is 53.6 Å². The molecule has 4 rings (SSSR count). The molecule has 0 aliphatic carbocycles. The third-order valence-electron chi connectivity index (χ3n) is 4.42. The van der Waals surface area contributed by atoms with E-state index in [2.05, 4.69) is 15.3 Å². The highest BCUT2D eigenvalue weighted by Gasteiger charge is 2.06. The molecule has 2 aromatic carbocycles. The molecule has 4 bridgehead atoms. The van der Waals surface area contributed by atoms with Gasteiger partial charge in [-0.25, -0.2) is 4.99 Å². The van der Waals surface area contributed by atoms with Crippen molar-refractivity contribution in [3.63, 3.8) is 0 Å². The lowest BCUT2D eigenvalue weighted by atomic mass is 10.2. The van der Waals surface area contributed by atoms with Crippen LogP contribution in [0.2, 0.25) is 0 Å². The van der Waals surface area contributed by atoms with Crippen molar-refractivity contribution in [1.82, 2.24) is 0 Å². The Kier molecular flexibility index (Phi) is 9.42. The van der Waals surface area contributed by atoms with Gasteiger partial charge >= 0.3 is 0 Å². The van der Waals surface area contributed by atoms with Crippen LogP contribution in [0.1, 0.15) is 11.1 Å². The van der Waals surface area contributed by atoms with Crippen LogP contribution in [-0.2, 0) is 21.9 Å². The first-order valence-electron chi connectivity index (χ1n) is 10.2. The van der Waals surface area contributed by atoms with Crippen LogP contribution < -0.4 is 26.3 Å². The molecule has 0 unspecified atom stereocenters. The van der Waals surface area contributed by atoms with Gasteiger partial charge in [0.05, 0.1) is 38.9 Å². The Labute approximate surface area is 192 Å². The van der Waals surface area contributed by atoms with Gasteiger partial charge in [-0.1, -0.05) is 18.2 Å². The largest absolute Gasteiger partial charge is 0.491 e. The van der Waals surface area contributed by atoms with Crippen LogP contribution in [-0.4, -0.2) is 51.6 Å². The number of benzene rings is 2. The standard InChI is InChI=1S/C22H28ClN5O4/c23-14-17-3-4-18-13-20(17)32-12-10-30-8-7-29-9-11-31-19-5-1-16(2-6-19)15-26-21(24)28-22(25)27-18/h1-6,13H,7-12,14-15H2,(H5,24,25,26,27,28). The predicted molar refractivity (Wildman–Crippen MR) is 126 cm³/mol. The lowest BCUT2D eigenvalue weighted by molar-refractivity contribution is 0.0273. The first-order chi connectivity index (χ1) is 15.6. The van der Waals surface area contributed by atoms with Crippen LogP contribution in [0, 0.1) is 0 Å². The average Bonchev–Trinajstić information content (AvgIpc) is 2.79. The fourth-order valence-corrected chi connectivity index (χ4v) is 3.05. The van der Waals surface area contributed by atoms with Crippen molar-refractivity contribution in [2.45, 2.75) is 12.4 Å². The van der Waals surface area contributed by atoms with Crippen LogP contribution in [0.4, 0.5) is 5.69 Å². The van der Waals surface area contributed by atoms with Gasteiger partial charge in [0.15, 0.2) is 0 Å². The molecule has 0 aromatic heterocycles. The Bertz CT molecular complexity index is 921. The van der Waals surface area contributed by atoms with E-state index in [1.807, 2.05) is 36.4 Å². The second-order valence-electron chi connectivity index (χ2n) is 6.82. The van der Waals surface area contributed by atoms with Gasteiger partial charge in [-0.15, -0.1) is 11.6 Å². The summed E-state index contributed by atoms with van der Waals surface area (Å²) in [5.74, 6) is 1.89. The van der Waals surface area contributed by atoms with Crippen molar-refractivity contribution in [1.29, 1.82) is 0 Å². The maximum Gasteiger partial charge on any atom is 0.218 e. The number of halogens is 1. The molecule has 2 aromatic rings. The molecule has 2 aliphatic heterocycles. The predicted octanol–water partition coefficient (Wildman–Crippen LogP) is 2.47. The van der Waals surface area contributed by atoms with Crippen LogP contribution in [0.25, 0.3) is 0 Å². The maximum absolute atomic E-state index is 6.02. The van der Waals surface area contributed by atoms with Gasteiger partial charge in [0.2, 0.25) is 11.9 Å². The van der Waals surface area contributed by atoms with Crippen molar-refractivity contribution < 1.29 is 18.9 Å². The zero-order valence-corrected chi connectivity index (χ0v) is 18.5. The first-order valence-corrected chi connectivity index (χ1v) is 10.8. The fourth-order valence-electron chi connectivity index (χ4n) is 2.83. The third kappa shape index (κ3) is 7.92. The second kappa shape index (κ2) is 12.7. The number of guanidine groups is 2. The number of fused-ring (bicyclic) bond motifs is 14. The van der Waals surface area contributed by atoms with E-state index in [0.717, 1.165) is 16.9 Å². The van der Waals surface area contributed by atoms with Crippen molar-refractivity contribution in [3.8, 4) is 11.5 Å². The number of hydrogen-bond donors (Lipinski definition) is 3. The van der Waals surface area contributed by atoms with Gasteiger partial charge in [-0.05, 0) is 23.8 Å². The number of nitrogens with two attached hydrogens (primary N) is 2. The Morgan fingerprint density at radius 2 is 1.56 bits per heavy atom. The van der Waals surface area contributed by atoms with Crippen molar-refractivity contribution in [2.24, 2.45) is 21.5 Å². The Balaban J connectivity index is 1.72. The number of hydrogen-bond acceptors (Lipinski definition) is 9. The molecule has 10 heteroatoms. The SMILES string of the molecule is NC1=NCc2ccc(cc2)OCCOCCOCCOc2cc(ccc2CCl)NC(N)=N1. The van der Waals surface area contributed by atoms with E-state index < -0.39 is 0 Å². The monoisotopic (exact) mass is 461 g/mol. The van der Waals surface area contributed by atoms with Crippen LogP contribution in [0.15, 0.2) is 52.4 Å². The number of aliphatic imine (C=N–C) groups is 2. The van der Waals surface area contributed by atoms with E-state index in [4.69, 9.17) is 42.0 Å². The van der Waals surface area contributed by atoms with Gasteiger partial charge in [0, 0.05) is 17.3 Å². The van der Waals surface area contributed by atoms with E-state index in [-0.39, 0.29) is 11.9 Å². The Morgan fingerprint density at radius 3 is 2.28 bits per heavy atom. The zero-order valence-electron chi connectivity index (χ0n) is 17.8. The maximum atomic E-state index is 6.02. The van der Waals surface area contributed by atoms with Crippen LogP contribution in [0.5, 0.6) is 11.5 Å². The van der Waals surface area contributed by atoms with E-state index in [1.54, 1.807) is 6.07 Å². The summed E-state index contributed by atoms with van der Waals surface area (Å²) in [6, 6.07) is 13.1.